The Hall–Kier alpha value is -1.49. The second-order valence-electron chi connectivity index (χ2n) is 4.74. The van der Waals surface area contributed by atoms with Crippen molar-refractivity contribution in [1.29, 1.82) is 5.26 Å². The molecule has 0 aromatic carbocycles. The van der Waals surface area contributed by atoms with E-state index >= 15 is 0 Å². The van der Waals surface area contributed by atoms with Crippen molar-refractivity contribution in [3.63, 3.8) is 0 Å². The van der Waals surface area contributed by atoms with Gasteiger partial charge in [0.15, 0.2) is 5.69 Å². The van der Waals surface area contributed by atoms with Gasteiger partial charge in [-0.2, -0.15) is 9.57 Å². The second kappa shape index (κ2) is 6.31. The van der Waals surface area contributed by atoms with Crippen LogP contribution in [0.5, 0.6) is 0 Å². The minimum atomic E-state index is -3.71. The van der Waals surface area contributed by atoms with Crippen LogP contribution < -0.4 is 0 Å². The molecule has 6 nitrogen and oxygen atoms in total. The number of nitrogens with zero attached hydrogens (tertiary/aromatic N) is 3. The molecule has 0 N–H and O–H groups in total. The van der Waals surface area contributed by atoms with Gasteiger partial charge in [-0.3, -0.25) is 0 Å². The molecule has 1 aromatic rings. The zero-order valence-corrected chi connectivity index (χ0v) is 12.1. The number of aromatic nitrogens is 1. The molecule has 1 saturated heterocycles. The number of hydrogen-bond donors (Lipinski definition) is 0. The smallest absolute Gasteiger partial charge is 0.245 e. The summed E-state index contributed by atoms with van der Waals surface area (Å²) in [6, 6.07) is 4.73. The Morgan fingerprint density at radius 2 is 2.35 bits per heavy atom. The lowest BCUT2D eigenvalue weighted by molar-refractivity contribution is 0.00858. The molecule has 1 aliphatic rings. The first-order chi connectivity index (χ1) is 9.55. The third-order valence-electron chi connectivity index (χ3n) is 3.30. The fourth-order valence-corrected chi connectivity index (χ4v) is 3.48. The Bertz CT molecular complexity index is 604. The summed E-state index contributed by atoms with van der Waals surface area (Å²) >= 11 is 0. The van der Waals surface area contributed by atoms with E-state index in [1.165, 1.54) is 29.7 Å². The lowest BCUT2D eigenvalue weighted by Gasteiger charge is -2.27. The summed E-state index contributed by atoms with van der Waals surface area (Å²) < 4.78 is 31.7. The summed E-state index contributed by atoms with van der Waals surface area (Å²) in [6.45, 7) is 0.969. The molecule has 0 aliphatic carbocycles. The van der Waals surface area contributed by atoms with E-state index in [1.807, 2.05) is 6.07 Å². The van der Waals surface area contributed by atoms with E-state index in [-0.39, 0.29) is 16.7 Å². The van der Waals surface area contributed by atoms with Crippen molar-refractivity contribution in [3.8, 4) is 6.07 Å². The summed E-state index contributed by atoms with van der Waals surface area (Å²) in [5.41, 5.74) is -0.0797. The number of hydrogen-bond acceptors (Lipinski definition) is 5. The van der Waals surface area contributed by atoms with Crippen LogP contribution in [0.2, 0.25) is 0 Å². The largest absolute Gasteiger partial charge is 0.377 e. The average molecular weight is 295 g/mol. The molecule has 0 amide bonds. The Kier molecular flexibility index (Phi) is 4.70. The van der Waals surface area contributed by atoms with E-state index in [9.17, 15) is 8.42 Å². The highest BCUT2D eigenvalue weighted by Gasteiger charge is 2.27. The van der Waals surface area contributed by atoms with Crippen molar-refractivity contribution < 1.29 is 13.2 Å². The predicted molar refractivity (Wildman–Crippen MR) is 72.4 cm³/mol. The summed E-state index contributed by atoms with van der Waals surface area (Å²) in [5.74, 6) is 0. The van der Waals surface area contributed by atoms with Crippen molar-refractivity contribution in [2.75, 3.05) is 20.2 Å². The molecule has 2 heterocycles. The third-order valence-corrected chi connectivity index (χ3v) is 5.15. The molecule has 0 saturated carbocycles. The van der Waals surface area contributed by atoms with E-state index in [4.69, 9.17) is 10.00 Å². The van der Waals surface area contributed by atoms with Crippen molar-refractivity contribution in [2.24, 2.45) is 0 Å². The number of likely N-dealkylation sites (N-methyl/N-ethyl adjacent to an activating group) is 1. The summed E-state index contributed by atoms with van der Waals surface area (Å²) in [4.78, 5) is 3.74. The van der Waals surface area contributed by atoms with Gasteiger partial charge in [-0.25, -0.2) is 13.4 Å². The molecule has 0 bridgehead atoms. The van der Waals surface area contributed by atoms with Crippen LogP contribution in [0, 0.1) is 11.3 Å². The van der Waals surface area contributed by atoms with E-state index in [2.05, 4.69) is 4.98 Å². The molecule has 0 radical (unpaired) electrons. The van der Waals surface area contributed by atoms with Gasteiger partial charge in [0.05, 0.1) is 6.10 Å². The lowest BCUT2D eigenvalue weighted by atomic mass is 10.1. The highest BCUT2D eigenvalue weighted by molar-refractivity contribution is 7.89. The van der Waals surface area contributed by atoms with E-state index < -0.39 is 10.0 Å². The maximum atomic E-state index is 12.5. The van der Waals surface area contributed by atoms with Crippen LogP contribution >= 0.6 is 0 Å². The number of pyridine rings is 1. The summed E-state index contributed by atoms with van der Waals surface area (Å²) in [6.07, 6.45) is 4.26. The molecular formula is C13H17N3O3S. The number of sulfonamides is 1. The van der Waals surface area contributed by atoms with Gasteiger partial charge in [0, 0.05) is 26.4 Å². The number of ether oxygens (including phenoxy) is 1. The summed E-state index contributed by atoms with van der Waals surface area (Å²) in [7, 11) is -2.21. The molecular weight excluding hydrogens is 278 g/mol. The maximum absolute atomic E-state index is 12.5. The van der Waals surface area contributed by atoms with Crippen LogP contribution in [0.25, 0.3) is 0 Å². The van der Waals surface area contributed by atoms with Crippen LogP contribution in [0.15, 0.2) is 23.2 Å². The molecule has 1 fully saturated rings. The van der Waals surface area contributed by atoms with Crippen molar-refractivity contribution >= 4 is 10.0 Å². The molecule has 0 spiro atoms. The van der Waals surface area contributed by atoms with Crippen LogP contribution in [-0.4, -0.2) is 44.0 Å². The van der Waals surface area contributed by atoms with Gasteiger partial charge in [-0.15, -0.1) is 0 Å². The fraction of sp³-hybridized carbons (Fsp3) is 0.538. The zero-order chi connectivity index (χ0) is 14.6. The van der Waals surface area contributed by atoms with Gasteiger partial charge in [0.2, 0.25) is 10.0 Å². The fourth-order valence-electron chi connectivity index (χ4n) is 2.19. The topological polar surface area (TPSA) is 83.3 Å². The number of rotatable bonds is 4. The van der Waals surface area contributed by atoms with Crippen LogP contribution in [0.3, 0.4) is 0 Å². The van der Waals surface area contributed by atoms with E-state index in [0.717, 1.165) is 19.3 Å². The first kappa shape index (κ1) is 14.9. The van der Waals surface area contributed by atoms with Crippen molar-refractivity contribution in [2.45, 2.75) is 30.3 Å². The minimum Gasteiger partial charge on any atom is -0.377 e. The molecule has 2 rings (SSSR count). The van der Waals surface area contributed by atoms with Crippen LogP contribution in [0.1, 0.15) is 25.0 Å². The Morgan fingerprint density at radius 3 is 3.00 bits per heavy atom. The predicted octanol–water partition coefficient (Wildman–Crippen LogP) is 1.14. The normalized spacial score (nSPS) is 19.8. The second-order valence-corrected chi connectivity index (χ2v) is 6.75. The van der Waals surface area contributed by atoms with Gasteiger partial charge in [0.25, 0.3) is 0 Å². The first-order valence-corrected chi connectivity index (χ1v) is 7.93. The molecule has 1 aromatic heterocycles. The Morgan fingerprint density at radius 1 is 1.55 bits per heavy atom. The minimum absolute atomic E-state index is 0.0548. The van der Waals surface area contributed by atoms with Gasteiger partial charge in [-0.1, -0.05) is 0 Å². The Balaban J connectivity index is 2.19. The highest BCUT2D eigenvalue weighted by Crippen LogP contribution is 2.20. The average Bonchev–Trinajstić information content (AvgIpc) is 2.48. The summed E-state index contributed by atoms with van der Waals surface area (Å²) in [5, 5.41) is 8.96. The third kappa shape index (κ3) is 3.15. The standard InChI is InChI=1S/C13H17N3O3S/c1-16(10-11-5-2-3-8-19-11)20(17,18)13-6-4-7-15-12(13)9-14/h4,6-7,11H,2-3,5,8,10H2,1H3. The molecule has 1 aliphatic heterocycles. The monoisotopic (exact) mass is 295 g/mol. The molecule has 7 heteroatoms. The van der Waals surface area contributed by atoms with Gasteiger partial charge < -0.3 is 4.74 Å². The number of nitriles is 1. The molecule has 20 heavy (non-hydrogen) atoms. The van der Waals surface area contributed by atoms with Gasteiger partial charge >= 0.3 is 0 Å². The zero-order valence-electron chi connectivity index (χ0n) is 11.3. The van der Waals surface area contributed by atoms with Gasteiger partial charge in [0.1, 0.15) is 11.0 Å². The quantitative estimate of drug-likeness (QED) is 0.832. The van der Waals surface area contributed by atoms with E-state index in [1.54, 1.807) is 0 Å². The first-order valence-electron chi connectivity index (χ1n) is 6.49. The van der Waals surface area contributed by atoms with E-state index in [0.29, 0.717) is 13.2 Å². The van der Waals surface area contributed by atoms with Crippen LogP contribution in [0.4, 0.5) is 0 Å². The SMILES string of the molecule is CN(CC1CCCCO1)S(=O)(=O)c1cccnc1C#N. The van der Waals surface area contributed by atoms with Crippen molar-refractivity contribution in [3.05, 3.63) is 24.0 Å². The van der Waals surface area contributed by atoms with Gasteiger partial charge in [-0.05, 0) is 31.4 Å². The lowest BCUT2D eigenvalue weighted by Crippen LogP contribution is -2.37. The van der Waals surface area contributed by atoms with Crippen molar-refractivity contribution in [1.82, 2.24) is 9.29 Å². The molecule has 1 unspecified atom stereocenters. The van der Waals surface area contributed by atoms with Crippen LogP contribution in [-0.2, 0) is 14.8 Å². The maximum Gasteiger partial charge on any atom is 0.245 e. The molecule has 108 valence electrons. The molecule has 1 atom stereocenters. The highest BCUT2D eigenvalue weighted by atomic mass is 32.2. The Labute approximate surface area is 119 Å².